The minimum atomic E-state index is -0.904. The number of carbonyl (C=O) groups excluding carboxylic acids is 3. The molecule has 0 atom stereocenters. The summed E-state index contributed by atoms with van der Waals surface area (Å²) in [5.74, 6) is -0.666. The van der Waals surface area contributed by atoms with Crippen LogP contribution in [0.1, 0.15) is 51.9 Å². The van der Waals surface area contributed by atoms with Crippen LogP contribution in [0.15, 0.2) is 0 Å². The zero-order valence-corrected chi connectivity index (χ0v) is 11.3. The van der Waals surface area contributed by atoms with Gasteiger partial charge in [-0.25, -0.2) is 4.79 Å². The molecule has 104 valence electrons. The number of nitrogens with one attached hydrogen (secondary N) is 1. The lowest BCUT2D eigenvalue weighted by molar-refractivity contribution is -0.145. The molecule has 2 aliphatic carbocycles. The van der Waals surface area contributed by atoms with Crippen molar-refractivity contribution in [1.29, 1.82) is 0 Å². The van der Waals surface area contributed by atoms with E-state index < -0.39 is 17.4 Å². The molecular weight excluding hydrogens is 244 g/mol. The molecule has 2 saturated carbocycles. The van der Waals surface area contributed by atoms with Gasteiger partial charge < -0.3 is 0 Å². The van der Waals surface area contributed by atoms with Crippen molar-refractivity contribution < 1.29 is 14.4 Å². The fraction of sp³-hybridized carbons (Fsp3) is 0.786. The van der Waals surface area contributed by atoms with Crippen LogP contribution in [0, 0.1) is 10.8 Å². The molecule has 1 spiro atoms. The third kappa shape index (κ3) is 1.95. The average Bonchev–Trinajstić information content (AvgIpc) is 3.16. The largest absolute Gasteiger partial charge is 0.330 e. The van der Waals surface area contributed by atoms with Crippen LogP contribution in [-0.2, 0) is 9.59 Å². The van der Waals surface area contributed by atoms with Crippen LogP contribution in [0.25, 0.3) is 0 Å². The minimum Gasteiger partial charge on any atom is -0.277 e. The molecule has 0 aromatic heterocycles. The number of hydrogen-bond donors (Lipinski definition) is 1. The quantitative estimate of drug-likeness (QED) is 0.773. The molecule has 0 aromatic rings. The van der Waals surface area contributed by atoms with Gasteiger partial charge in [-0.3, -0.25) is 19.8 Å². The highest BCUT2D eigenvalue weighted by molar-refractivity contribution is 6.20. The summed E-state index contributed by atoms with van der Waals surface area (Å²) in [5.41, 5.74) is -0.888. The molecule has 5 nitrogen and oxygen atoms in total. The van der Waals surface area contributed by atoms with Gasteiger partial charge in [-0.2, -0.15) is 0 Å². The summed E-state index contributed by atoms with van der Waals surface area (Å²) in [5, 5.41) is 2.35. The number of nitrogens with zero attached hydrogens (tertiary/aromatic N) is 1. The number of carbonyl (C=O) groups is 3. The molecule has 19 heavy (non-hydrogen) atoms. The topological polar surface area (TPSA) is 66.5 Å². The van der Waals surface area contributed by atoms with Gasteiger partial charge in [0.05, 0.1) is 0 Å². The van der Waals surface area contributed by atoms with E-state index in [4.69, 9.17) is 0 Å². The molecular formula is C14H20N2O3. The number of urea groups is 1. The molecule has 5 heteroatoms. The van der Waals surface area contributed by atoms with Gasteiger partial charge in [0, 0.05) is 6.54 Å². The Morgan fingerprint density at radius 1 is 1.05 bits per heavy atom. The van der Waals surface area contributed by atoms with E-state index in [1.54, 1.807) is 0 Å². The van der Waals surface area contributed by atoms with E-state index in [-0.39, 0.29) is 11.3 Å². The highest BCUT2D eigenvalue weighted by Crippen LogP contribution is 2.49. The van der Waals surface area contributed by atoms with Crippen LogP contribution < -0.4 is 5.32 Å². The third-order valence-corrected chi connectivity index (χ3v) is 4.91. The van der Waals surface area contributed by atoms with Crippen molar-refractivity contribution in [2.45, 2.75) is 51.9 Å². The number of imide groups is 2. The lowest BCUT2D eigenvalue weighted by Gasteiger charge is -2.40. The maximum Gasteiger partial charge on any atom is 0.330 e. The Bertz CT molecular complexity index is 448. The van der Waals surface area contributed by atoms with E-state index in [0.717, 1.165) is 25.7 Å². The fourth-order valence-electron chi connectivity index (χ4n) is 3.39. The second kappa shape index (κ2) is 4.05. The molecule has 0 unspecified atom stereocenters. The van der Waals surface area contributed by atoms with Crippen LogP contribution in [0.3, 0.4) is 0 Å². The fourth-order valence-corrected chi connectivity index (χ4v) is 3.39. The van der Waals surface area contributed by atoms with Gasteiger partial charge >= 0.3 is 6.03 Å². The maximum atomic E-state index is 12.4. The summed E-state index contributed by atoms with van der Waals surface area (Å²) in [7, 11) is 0. The van der Waals surface area contributed by atoms with Crippen molar-refractivity contribution in [3.63, 3.8) is 0 Å². The molecule has 3 fully saturated rings. The average molecular weight is 264 g/mol. The summed E-state index contributed by atoms with van der Waals surface area (Å²) >= 11 is 0. The predicted molar refractivity (Wildman–Crippen MR) is 68.1 cm³/mol. The van der Waals surface area contributed by atoms with Crippen molar-refractivity contribution in [3.8, 4) is 0 Å². The molecule has 1 saturated heterocycles. The van der Waals surface area contributed by atoms with Gasteiger partial charge in [-0.1, -0.05) is 26.2 Å². The zero-order valence-electron chi connectivity index (χ0n) is 11.3. The summed E-state index contributed by atoms with van der Waals surface area (Å²) in [6.07, 6.45) is 6.80. The van der Waals surface area contributed by atoms with Gasteiger partial charge in [-0.15, -0.1) is 0 Å². The first-order valence-corrected chi connectivity index (χ1v) is 7.14. The van der Waals surface area contributed by atoms with Gasteiger partial charge in [0.1, 0.15) is 5.41 Å². The van der Waals surface area contributed by atoms with E-state index in [0.29, 0.717) is 19.4 Å². The van der Waals surface area contributed by atoms with Crippen LogP contribution in [0.5, 0.6) is 0 Å². The smallest absolute Gasteiger partial charge is 0.277 e. The van der Waals surface area contributed by atoms with Crippen LogP contribution in [-0.4, -0.2) is 29.3 Å². The van der Waals surface area contributed by atoms with E-state index >= 15 is 0 Å². The van der Waals surface area contributed by atoms with Crippen LogP contribution in [0.4, 0.5) is 4.79 Å². The van der Waals surface area contributed by atoms with Gasteiger partial charge in [-0.05, 0) is 31.1 Å². The number of amides is 4. The highest BCUT2D eigenvalue weighted by Gasteiger charge is 2.62. The second-order valence-corrected chi connectivity index (χ2v) is 6.60. The molecule has 3 aliphatic rings. The third-order valence-electron chi connectivity index (χ3n) is 4.91. The Morgan fingerprint density at radius 3 is 2.26 bits per heavy atom. The molecule has 1 heterocycles. The van der Waals surface area contributed by atoms with E-state index in [9.17, 15) is 14.4 Å². The van der Waals surface area contributed by atoms with Crippen molar-refractivity contribution in [2.24, 2.45) is 10.8 Å². The van der Waals surface area contributed by atoms with Crippen LogP contribution in [0.2, 0.25) is 0 Å². The number of barbiturate groups is 1. The number of rotatable bonds is 2. The summed E-state index contributed by atoms with van der Waals surface area (Å²) in [6, 6.07) is -0.528. The minimum absolute atomic E-state index is 0.0156. The SMILES string of the molecule is CC1(CN2C(=O)NC(=O)C3(CC3)C2=O)CCCCC1. The molecule has 4 amide bonds. The molecule has 1 aliphatic heterocycles. The second-order valence-electron chi connectivity index (χ2n) is 6.60. The van der Waals surface area contributed by atoms with Crippen molar-refractivity contribution >= 4 is 17.8 Å². The van der Waals surface area contributed by atoms with Crippen molar-refractivity contribution in [3.05, 3.63) is 0 Å². The molecule has 3 rings (SSSR count). The Labute approximate surface area is 112 Å². The predicted octanol–water partition coefficient (Wildman–Crippen LogP) is 1.82. The Balaban J connectivity index is 1.78. The highest BCUT2D eigenvalue weighted by atomic mass is 16.2. The lowest BCUT2D eigenvalue weighted by Crippen LogP contribution is -2.61. The normalized spacial score (nSPS) is 28.5. The Hall–Kier alpha value is -1.39. The lowest BCUT2D eigenvalue weighted by atomic mass is 9.75. The summed E-state index contributed by atoms with van der Waals surface area (Å²) in [4.78, 5) is 37.3. The zero-order chi connectivity index (χ0) is 13.7. The first kappa shape index (κ1) is 12.6. The first-order chi connectivity index (χ1) is 8.97. The van der Waals surface area contributed by atoms with Gasteiger partial charge in [0.2, 0.25) is 11.8 Å². The molecule has 0 bridgehead atoms. The first-order valence-electron chi connectivity index (χ1n) is 7.14. The molecule has 0 aromatic carbocycles. The van der Waals surface area contributed by atoms with E-state index in [2.05, 4.69) is 12.2 Å². The van der Waals surface area contributed by atoms with Crippen LogP contribution >= 0.6 is 0 Å². The van der Waals surface area contributed by atoms with Gasteiger partial charge in [0.15, 0.2) is 0 Å². The Kier molecular flexibility index (Phi) is 2.69. The summed E-state index contributed by atoms with van der Waals surface area (Å²) in [6.45, 7) is 2.59. The Morgan fingerprint density at radius 2 is 1.68 bits per heavy atom. The molecule has 0 radical (unpaired) electrons. The summed E-state index contributed by atoms with van der Waals surface area (Å²) < 4.78 is 0. The van der Waals surface area contributed by atoms with E-state index in [1.165, 1.54) is 11.3 Å². The number of hydrogen-bond acceptors (Lipinski definition) is 3. The standard InChI is InChI=1S/C14H20N2O3/c1-13(5-3-2-4-6-13)9-16-11(18)14(7-8-14)10(17)15-12(16)19/h2-9H2,1H3,(H,15,17,19). The van der Waals surface area contributed by atoms with E-state index in [1.807, 2.05) is 0 Å². The molecule has 1 N–H and O–H groups in total. The van der Waals surface area contributed by atoms with Crippen molar-refractivity contribution in [2.75, 3.05) is 6.54 Å². The van der Waals surface area contributed by atoms with Crippen molar-refractivity contribution in [1.82, 2.24) is 10.2 Å². The van der Waals surface area contributed by atoms with Gasteiger partial charge in [0.25, 0.3) is 0 Å². The monoisotopic (exact) mass is 264 g/mol. The maximum absolute atomic E-state index is 12.4.